The van der Waals surface area contributed by atoms with Crippen molar-refractivity contribution in [2.24, 2.45) is 183 Å². The molecule has 0 spiro atoms. The number of rotatable bonds is 8. The molecule has 0 aromatic carbocycles. The molecule has 546 valence electrons. The lowest BCUT2D eigenvalue weighted by Crippen LogP contribution is -2.59. The number of nitrogens with two attached hydrogens (primary N) is 1. The maximum atomic E-state index is 11.9. The van der Waals surface area contributed by atoms with E-state index < -0.39 is 0 Å². The first-order valence-electron chi connectivity index (χ1n) is 44.4. The molecule has 1 amide bonds. The molecular weight excluding hydrogens is 1200 g/mol. The molecule has 98 heavy (non-hydrogen) atoms. The predicted octanol–water partition coefficient (Wildman–Crippen LogP) is 18.1. The zero-order valence-electron chi connectivity index (χ0n) is 62.9. The molecule has 9 heteroatoms. The number of nitrogens with one attached hydrogen (secondary N) is 1. The molecule has 30 fully saturated rings. The number of hydrogen-bond acceptors (Lipinski definition) is 7. The first-order chi connectivity index (χ1) is 47.8. The zero-order chi connectivity index (χ0) is 66.0. The summed E-state index contributed by atoms with van der Waals surface area (Å²) in [6.07, 6.45) is 64.4. The lowest BCUT2D eigenvalue weighted by atomic mass is 9.51. The fraction of sp³-hybridized carbons (Fsp3) is 0.944. The quantitative estimate of drug-likeness (QED) is 0.267. The summed E-state index contributed by atoms with van der Waals surface area (Å²) >= 11 is 0. The van der Waals surface area contributed by atoms with Crippen molar-refractivity contribution in [3.63, 3.8) is 0 Å². The van der Waals surface area contributed by atoms with Crippen LogP contribution < -0.4 is 11.1 Å². The molecule has 3 N–H and O–H groups in total. The molecule has 0 unspecified atom stereocenters. The Hall–Kier alpha value is -1.81. The summed E-state index contributed by atoms with van der Waals surface area (Å²) in [7, 11) is 4.57. The summed E-state index contributed by atoms with van der Waals surface area (Å²) in [6.45, 7) is 10.6. The number of imidazole rings is 1. The maximum absolute atomic E-state index is 11.9. The smallest absolute Gasteiger partial charge is 0.222 e. The van der Waals surface area contributed by atoms with Crippen molar-refractivity contribution in [2.45, 2.75) is 301 Å². The second kappa shape index (κ2) is 28.8. The van der Waals surface area contributed by atoms with E-state index in [0.717, 1.165) is 228 Å². The Morgan fingerprint density at radius 1 is 0.439 bits per heavy atom. The molecule has 2 saturated heterocycles. The van der Waals surface area contributed by atoms with Crippen LogP contribution in [-0.2, 0) is 9.59 Å². The van der Waals surface area contributed by atoms with Gasteiger partial charge in [0.15, 0.2) is 0 Å². The van der Waals surface area contributed by atoms with Crippen LogP contribution in [0.5, 0.6) is 0 Å². The van der Waals surface area contributed by atoms with Crippen LogP contribution in [0.2, 0.25) is 0 Å². The Kier molecular flexibility index (Phi) is 20.0. The molecule has 31 rings (SSSR count). The Morgan fingerprint density at radius 2 is 0.776 bits per heavy atom. The highest BCUT2D eigenvalue weighted by Gasteiger charge is 2.56. The highest BCUT2D eigenvalue weighted by Crippen LogP contribution is 2.63. The average Bonchev–Trinajstić information content (AvgIpc) is 1.28. The normalized spacial score (nSPS) is 51.9. The third-order valence-electron chi connectivity index (χ3n) is 35.7. The third-order valence-corrected chi connectivity index (χ3v) is 35.7. The Bertz CT molecular complexity index is 2640. The van der Waals surface area contributed by atoms with Crippen LogP contribution >= 0.6 is 0 Å². The van der Waals surface area contributed by atoms with Crippen LogP contribution in [0, 0.1) is 178 Å². The minimum absolute atomic E-state index is 0.456. The minimum Gasteiger partial charge on any atom is -0.339 e. The maximum Gasteiger partial charge on any atom is 0.222 e. The first-order valence-corrected chi connectivity index (χ1v) is 44.4. The SMILES string of the molecule is C1CN(C2C3CC4CC(C3)CC2C4)CCN1.CCC(=O)CC1C2CC3CC(C2)CC1C3.CCC1C2CC3CC(C2)CC1C3.CN(C)C1C2CC3CC(C2)CC1C3.NC1C2CC3CC(C2)CC1C3.O=C1CCCN1C1C2CC3CC(C2)CC1C3.c1cn(C2C3CC4CC(C3)CC2C4)cn1. The second-order valence-electron chi connectivity index (χ2n) is 41.8. The Labute approximate surface area is 597 Å². The Balaban J connectivity index is 0.0000000832. The second-order valence-corrected chi connectivity index (χ2v) is 41.8. The monoisotopic (exact) mass is 1340 g/mol. The molecule has 1 aromatic rings. The Morgan fingerprint density at radius 3 is 1.10 bits per heavy atom. The lowest BCUT2D eigenvalue weighted by molar-refractivity contribution is -0.138. The predicted molar refractivity (Wildman–Crippen MR) is 396 cm³/mol. The van der Waals surface area contributed by atoms with Crippen molar-refractivity contribution in [3.05, 3.63) is 18.7 Å². The van der Waals surface area contributed by atoms with E-state index in [-0.39, 0.29) is 0 Å². The van der Waals surface area contributed by atoms with Gasteiger partial charge in [-0.25, -0.2) is 4.98 Å². The van der Waals surface area contributed by atoms with Crippen LogP contribution in [0.15, 0.2) is 18.7 Å². The number of likely N-dealkylation sites (tertiary alicyclic amines) is 1. The average molecular weight is 1340 g/mol. The standard InChI is InChI=1S/C14H24N2.C14H21NO.C14H22O.C13H18N2.C12H21N.C12H20.C10H17N/c1-3-16(4-2-15-1)14-12-6-10-5-11(8-12)9-13(14)7-10;16-13-2-1-3-15(13)14-11-5-9-4-10(7-11)8-12(14)6-9;1-2-13(15)8-14-11-4-9-3-10(6-11)7-12(14)5-9;1-2-15(8-14-1)13-11-4-9-3-10(6-11)7-12(13)5-9;1-13(2)12-10-4-8-3-9(6-10)7-11(12)5-8;1-2-12-10-4-8-3-9(6-10)7-11(12)5-8;11-10-8-2-6-1-7(4-8)5-9(10)3-6/h10-15H,1-9H2;9-12,14H,1-8H2;9-12,14H,2-8H2,1H3;1-2,8-13H,3-7H2;8-12H,3-7H2,1-2H3;8-12H,2-7H2,1H3;6-10H,1-5,11H2. The lowest BCUT2D eigenvalue weighted by Gasteiger charge is -2.57. The third kappa shape index (κ3) is 13.8. The molecular formula is C89H143N7O2. The molecule has 1 aromatic heterocycles. The van der Waals surface area contributed by atoms with Gasteiger partial charge >= 0.3 is 0 Å². The van der Waals surface area contributed by atoms with Crippen LogP contribution in [0.3, 0.4) is 0 Å². The molecule has 0 radical (unpaired) electrons. The van der Waals surface area contributed by atoms with Gasteiger partial charge in [-0.1, -0.05) is 20.3 Å². The first kappa shape index (κ1) is 68.0. The van der Waals surface area contributed by atoms with Gasteiger partial charge in [-0.2, -0.15) is 0 Å². The van der Waals surface area contributed by atoms with Crippen LogP contribution in [0.25, 0.3) is 0 Å². The van der Waals surface area contributed by atoms with Gasteiger partial charge in [-0.15, -0.1) is 0 Å². The fourth-order valence-electron chi connectivity index (χ4n) is 33.9. The highest BCUT2D eigenvalue weighted by molar-refractivity contribution is 5.79. The molecule has 30 aliphatic rings. The van der Waals surface area contributed by atoms with Crippen molar-refractivity contribution >= 4 is 11.7 Å². The fourth-order valence-corrected chi connectivity index (χ4v) is 33.9. The van der Waals surface area contributed by atoms with E-state index in [1.165, 1.54) is 148 Å². The number of ketones is 1. The number of piperazine rings is 1. The number of nitrogens with zero attached hydrogens (tertiary/aromatic N) is 5. The van der Waals surface area contributed by atoms with Gasteiger partial charge in [0, 0.05) is 94.6 Å². The van der Waals surface area contributed by atoms with Gasteiger partial charge in [-0.05, 0) is 423 Å². The molecule has 28 aliphatic carbocycles. The molecule has 2 aliphatic heterocycles. The van der Waals surface area contributed by atoms with Crippen LogP contribution in [0.1, 0.15) is 277 Å². The van der Waals surface area contributed by atoms with Gasteiger partial charge < -0.3 is 25.4 Å². The number of hydrogen-bond donors (Lipinski definition) is 2. The zero-order valence-corrected chi connectivity index (χ0v) is 62.9. The van der Waals surface area contributed by atoms with E-state index in [2.05, 4.69) is 56.8 Å². The summed E-state index contributed by atoms with van der Waals surface area (Å²) < 4.78 is 2.40. The van der Waals surface area contributed by atoms with Crippen molar-refractivity contribution in [1.29, 1.82) is 0 Å². The van der Waals surface area contributed by atoms with Crippen molar-refractivity contribution in [2.75, 3.05) is 46.8 Å². The largest absolute Gasteiger partial charge is 0.339 e. The van der Waals surface area contributed by atoms with Gasteiger partial charge in [0.05, 0.1) is 6.33 Å². The van der Waals surface area contributed by atoms with E-state index in [0.29, 0.717) is 23.8 Å². The van der Waals surface area contributed by atoms with Crippen molar-refractivity contribution in [1.82, 2.24) is 29.6 Å². The molecule has 28 saturated carbocycles. The number of Topliss-reactive ketones (excluding diaryl/α,β-unsaturated/α-hetero) is 1. The minimum atomic E-state index is 0.456. The van der Waals surface area contributed by atoms with E-state index in [1.54, 1.807) is 109 Å². The van der Waals surface area contributed by atoms with Gasteiger partial charge in [0.25, 0.3) is 0 Å². The van der Waals surface area contributed by atoms with E-state index in [1.807, 2.05) is 19.4 Å². The topological polar surface area (TPSA) is 99.7 Å². The molecule has 9 nitrogen and oxygen atoms in total. The number of amides is 1. The van der Waals surface area contributed by atoms with Crippen LogP contribution in [0.4, 0.5) is 0 Å². The number of carbonyl (C=O) groups excluding carboxylic acids is 2. The molecule has 28 bridgehead atoms. The van der Waals surface area contributed by atoms with Gasteiger partial charge in [-0.3, -0.25) is 14.5 Å². The number of aromatic nitrogens is 2. The summed E-state index contributed by atoms with van der Waals surface area (Å²) in [5, 5.41) is 3.50. The summed E-state index contributed by atoms with van der Waals surface area (Å²) in [5.41, 5.74) is 6.17. The van der Waals surface area contributed by atoms with Crippen LogP contribution in [-0.4, -0.2) is 107 Å². The van der Waals surface area contributed by atoms with E-state index in [9.17, 15) is 9.59 Å². The van der Waals surface area contributed by atoms with E-state index >= 15 is 0 Å². The summed E-state index contributed by atoms with van der Waals surface area (Å²) in [4.78, 5) is 35.4. The van der Waals surface area contributed by atoms with Crippen molar-refractivity contribution < 1.29 is 9.59 Å². The summed E-state index contributed by atoms with van der Waals surface area (Å²) in [5.74, 6) is 32.1. The highest BCUT2D eigenvalue weighted by atomic mass is 16.2. The molecule has 0 atom stereocenters. The van der Waals surface area contributed by atoms with Crippen molar-refractivity contribution in [3.8, 4) is 0 Å². The van der Waals surface area contributed by atoms with Gasteiger partial charge in [0.1, 0.15) is 5.78 Å². The number of carbonyl (C=O) groups is 2. The van der Waals surface area contributed by atoms with Gasteiger partial charge in [0.2, 0.25) is 5.91 Å². The summed E-state index contributed by atoms with van der Waals surface area (Å²) in [6, 6.07) is 3.95. The molecule has 3 heterocycles. The van der Waals surface area contributed by atoms with E-state index in [4.69, 9.17) is 5.73 Å².